The Balaban J connectivity index is 2.28. The summed E-state index contributed by atoms with van der Waals surface area (Å²) in [6, 6.07) is 10.4. The third-order valence-electron chi connectivity index (χ3n) is 3.18. The minimum Gasteiger partial charge on any atom is -0.495 e. The van der Waals surface area contributed by atoms with E-state index in [1.54, 1.807) is 26.4 Å². The molecule has 0 fully saturated rings. The fraction of sp³-hybridized carbons (Fsp3) is 0.250. The molecule has 0 amide bonds. The van der Waals surface area contributed by atoms with Gasteiger partial charge < -0.3 is 9.47 Å². The van der Waals surface area contributed by atoms with Gasteiger partial charge in [0.05, 0.1) is 14.2 Å². The van der Waals surface area contributed by atoms with Crippen molar-refractivity contribution in [3.63, 3.8) is 0 Å². The molecule has 21 heavy (non-hydrogen) atoms. The Morgan fingerprint density at radius 1 is 1.05 bits per heavy atom. The van der Waals surface area contributed by atoms with Crippen LogP contribution in [0.5, 0.6) is 11.5 Å². The topological polar surface area (TPSA) is 18.5 Å². The average Bonchev–Trinajstić information content (AvgIpc) is 2.49. The van der Waals surface area contributed by atoms with Crippen LogP contribution in [-0.4, -0.2) is 14.2 Å². The Labute approximate surface area is 140 Å². The molecule has 0 aliphatic rings. The summed E-state index contributed by atoms with van der Waals surface area (Å²) in [4.78, 5) is 0.0557. The summed E-state index contributed by atoms with van der Waals surface area (Å²) in [5.41, 5.74) is 2.06. The number of methoxy groups -OCH3 is 2. The molecule has 1 atom stereocenters. The zero-order chi connectivity index (χ0) is 15.4. The van der Waals surface area contributed by atoms with Crippen LogP contribution in [-0.2, 0) is 6.42 Å². The van der Waals surface area contributed by atoms with Gasteiger partial charge in [0.2, 0.25) is 0 Å². The summed E-state index contributed by atoms with van der Waals surface area (Å²) in [5.74, 6) is 1.23. The normalized spacial score (nSPS) is 12.0. The maximum Gasteiger partial charge on any atom is 0.141 e. The van der Waals surface area contributed by atoms with E-state index in [9.17, 15) is 4.39 Å². The minimum absolute atomic E-state index is 0.0557. The molecule has 0 spiro atoms. The van der Waals surface area contributed by atoms with Crippen molar-refractivity contribution in [2.24, 2.45) is 0 Å². The van der Waals surface area contributed by atoms with E-state index in [4.69, 9.17) is 9.47 Å². The molecular weight excluding hydrogens is 403 g/mol. The Morgan fingerprint density at radius 2 is 1.71 bits per heavy atom. The lowest BCUT2D eigenvalue weighted by Crippen LogP contribution is -2.01. The van der Waals surface area contributed by atoms with Gasteiger partial charge in [0.25, 0.3) is 0 Å². The number of hydrogen-bond donors (Lipinski definition) is 0. The molecule has 2 aromatic carbocycles. The van der Waals surface area contributed by atoms with Crippen LogP contribution in [0.25, 0.3) is 0 Å². The van der Waals surface area contributed by atoms with Gasteiger partial charge in [-0.2, -0.15) is 0 Å². The van der Waals surface area contributed by atoms with E-state index < -0.39 is 0 Å². The first-order valence-corrected chi connectivity index (χ1v) is 8.06. The van der Waals surface area contributed by atoms with Gasteiger partial charge >= 0.3 is 0 Å². The summed E-state index contributed by atoms with van der Waals surface area (Å²) in [6.07, 6.45) is 0.732. The zero-order valence-corrected chi connectivity index (χ0v) is 14.9. The van der Waals surface area contributed by atoms with E-state index in [0.717, 1.165) is 33.5 Å². The highest BCUT2D eigenvalue weighted by Gasteiger charge is 2.18. The van der Waals surface area contributed by atoms with Crippen LogP contribution in [0.1, 0.15) is 16.0 Å². The van der Waals surface area contributed by atoms with Crippen LogP contribution in [0.3, 0.4) is 0 Å². The van der Waals surface area contributed by atoms with Crippen LogP contribution in [0.4, 0.5) is 4.39 Å². The molecule has 1 unspecified atom stereocenters. The number of benzene rings is 2. The first-order valence-electron chi connectivity index (χ1n) is 6.35. The Kier molecular flexibility index (Phi) is 5.65. The third-order valence-corrected chi connectivity index (χ3v) is 4.75. The van der Waals surface area contributed by atoms with Gasteiger partial charge in [-0.05, 0) is 46.1 Å². The van der Waals surface area contributed by atoms with Gasteiger partial charge in [0.1, 0.15) is 21.8 Å². The molecule has 2 rings (SSSR count). The molecule has 0 aliphatic carbocycles. The molecule has 0 N–H and O–H groups in total. The number of alkyl halides is 1. The molecule has 0 bridgehead atoms. The summed E-state index contributed by atoms with van der Waals surface area (Å²) in [6.45, 7) is 0. The fourth-order valence-corrected chi connectivity index (χ4v) is 3.52. The molecule has 112 valence electrons. The van der Waals surface area contributed by atoms with Crippen LogP contribution in [0, 0.1) is 5.82 Å². The second-order valence-electron chi connectivity index (χ2n) is 4.50. The molecule has 2 nitrogen and oxygen atoms in total. The molecular formula is C16H15Br2FO2. The number of hydrogen-bond acceptors (Lipinski definition) is 2. The van der Waals surface area contributed by atoms with Crippen molar-refractivity contribution < 1.29 is 13.9 Å². The van der Waals surface area contributed by atoms with Crippen LogP contribution in [0.2, 0.25) is 0 Å². The van der Waals surface area contributed by atoms with E-state index in [-0.39, 0.29) is 10.6 Å². The van der Waals surface area contributed by atoms with Crippen molar-refractivity contribution in [3.05, 3.63) is 57.8 Å². The molecule has 0 aromatic heterocycles. The summed E-state index contributed by atoms with van der Waals surface area (Å²) in [7, 11) is 3.24. The maximum atomic E-state index is 13.0. The first-order chi connectivity index (χ1) is 10.1. The van der Waals surface area contributed by atoms with E-state index in [0.29, 0.717) is 0 Å². The molecule has 2 aromatic rings. The van der Waals surface area contributed by atoms with Crippen LogP contribution < -0.4 is 9.47 Å². The second-order valence-corrected chi connectivity index (χ2v) is 6.40. The van der Waals surface area contributed by atoms with Gasteiger partial charge in [-0.3, -0.25) is 0 Å². The lowest BCUT2D eigenvalue weighted by atomic mass is 10.0. The van der Waals surface area contributed by atoms with Crippen molar-refractivity contribution in [1.82, 2.24) is 0 Å². The van der Waals surface area contributed by atoms with E-state index in [2.05, 4.69) is 31.9 Å². The van der Waals surface area contributed by atoms with Gasteiger partial charge in [-0.15, -0.1) is 0 Å². The quantitative estimate of drug-likeness (QED) is 0.615. The SMILES string of the molecule is COc1ccc(C(Br)Cc2ccc(F)cc2)c(OC)c1Br. The van der Waals surface area contributed by atoms with Crippen molar-refractivity contribution in [2.75, 3.05) is 14.2 Å². The predicted octanol–water partition coefficient (Wildman–Crippen LogP) is 5.28. The largest absolute Gasteiger partial charge is 0.495 e. The van der Waals surface area contributed by atoms with Gasteiger partial charge in [-0.25, -0.2) is 4.39 Å². The van der Waals surface area contributed by atoms with E-state index in [1.165, 1.54) is 12.1 Å². The predicted molar refractivity (Wildman–Crippen MR) is 89.0 cm³/mol. The Bertz CT molecular complexity index is 614. The highest BCUT2D eigenvalue weighted by molar-refractivity contribution is 9.10. The highest BCUT2D eigenvalue weighted by Crippen LogP contribution is 2.42. The minimum atomic E-state index is -0.227. The lowest BCUT2D eigenvalue weighted by Gasteiger charge is -2.17. The summed E-state index contributed by atoms with van der Waals surface area (Å²) < 4.78 is 24.5. The smallest absolute Gasteiger partial charge is 0.141 e. The monoisotopic (exact) mass is 416 g/mol. The molecule has 0 saturated heterocycles. The second kappa shape index (κ2) is 7.27. The summed E-state index contributed by atoms with van der Waals surface area (Å²) >= 11 is 7.17. The van der Waals surface area contributed by atoms with Crippen LogP contribution in [0.15, 0.2) is 40.9 Å². The number of ether oxygens (including phenoxy) is 2. The number of halogens is 3. The molecule has 0 radical (unpaired) electrons. The Morgan fingerprint density at radius 3 is 2.29 bits per heavy atom. The molecule has 0 heterocycles. The molecule has 0 saturated carbocycles. The highest BCUT2D eigenvalue weighted by atomic mass is 79.9. The van der Waals surface area contributed by atoms with Crippen LogP contribution >= 0.6 is 31.9 Å². The van der Waals surface area contributed by atoms with Gasteiger partial charge in [-0.1, -0.05) is 34.1 Å². The average molecular weight is 418 g/mol. The van der Waals surface area contributed by atoms with E-state index >= 15 is 0 Å². The zero-order valence-electron chi connectivity index (χ0n) is 11.7. The molecule has 5 heteroatoms. The number of rotatable bonds is 5. The van der Waals surface area contributed by atoms with Crippen molar-refractivity contribution in [3.8, 4) is 11.5 Å². The Hall–Kier alpha value is -1.07. The van der Waals surface area contributed by atoms with Crippen molar-refractivity contribution in [2.45, 2.75) is 11.2 Å². The fourth-order valence-electron chi connectivity index (χ4n) is 2.10. The first kappa shape index (κ1) is 16.3. The van der Waals surface area contributed by atoms with Crippen molar-refractivity contribution in [1.29, 1.82) is 0 Å². The lowest BCUT2D eigenvalue weighted by molar-refractivity contribution is 0.386. The standard InChI is InChI=1S/C16H15Br2FO2/c1-20-14-8-7-12(16(21-2)15(14)18)13(17)9-10-3-5-11(19)6-4-10/h3-8,13H,9H2,1-2H3. The third kappa shape index (κ3) is 3.77. The van der Waals surface area contributed by atoms with Gasteiger partial charge in [0, 0.05) is 10.4 Å². The van der Waals surface area contributed by atoms with Gasteiger partial charge in [0.15, 0.2) is 0 Å². The maximum absolute atomic E-state index is 13.0. The summed E-state index contributed by atoms with van der Waals surface area (Å²) in [5, 5.41) is 0. The van der Waals surface area contributed by atoms with Crippen molar-refractivity contribution >= 4 is 31.9 Å². The molecule has 0 aliphatic heterocycles. The van der Waals surface area contributed by atoms with E-state index in [1.807, 2.05) is 12.1 Å².